The molecular weight excluding hydrogens is 232 g/mol. The van der Waals surface area contributed by atoms with E-state index in [0.29, 0.717) is 10.8 Å². The van der Waals surface area contributed by atoms with Gasteiger partial charge < -0.3 is 14.6 Å². The molecule has 0 saturated carbocycles. The van der Waals surface area contributed by atoms with Gasteiger partial charge >= 0.3 is 11.9 Å². The van der Waals surface area contributed by atoms with E-state index in [-0.39, 0.29) is 5.76 Å². The Balaban J connectivity index is 2.61. The molecule has 5 nitrogen and oxygen atoms in total. The topological polar surface area (TPSA) is 87.7 Å². The molecule has 1 aromatic heterocycles. The molecule has 0 radical (unpaired) electrons. The second kappa shape index (κ2) is 4.61. The van der Waals surface area contributed by atoms with Crippen molar-refractivity contribution in [1.82, 2.24) is 0 Å². The zero-order valence-electron chi connectivity index (χ0n) is 8.89. The summed E-state index contributed by atoms with van der Waals surface area (Å²) in [6, 6.07) is 2.87. The average Bonchev–Trinajstić information content (AvgIpc) is 2.63. The van der Waals surface area contributed by atoms with Crippen molar-refractivity contribution in [2.24, 2.45) is 5.41 Å². The van der Waals surface area contributed by atoms with E-state index >= 15 is 0 Å². The first-order valence-corrected chi connectivity index (χ1v) is 5.51. The van der Waals surface area contributed by atoms with Gasteiger partial charge in [0.05, 0.1) is 5.41 Å². The van der Waals surface area contributed by atoms with Gasteiger partial charge in [0.15, 0.2) is 5.09 Å². The molecule has 1 heterocycles. The van der Waals surface area contributed by atoms with Gasteiger partial charge in [0.2, 0.25) is 5.76 Å². The van der Waals surface area contributed by atoms with E-state index in [2.05, 4.69) is 0 Å². The lowest BCUT2D eigenvalue weighted by Crippen LogP contribution is -2.26. The Morgan fingerprint density at radius 2 is 2.00 bits per heavy atom. The highest BCUT2D eigenvalue weighted by Crippen LogP contribution is 2.29. The Bertz CT molecular complexity index is 407. The highest BCUT2D eigenvalue weighted by atomic mass is 32.2. The predicted molar refractivity (Wildman–Crippen MR) is 57.8 cm³/mol. The van der Waals surface area contributed by atoms with E-state index in [1.54, 1.807) is 13.8 Å². The van der Waals surface area contributed by atoms with Gasteiger partial charge in [-0.1, -0.05) is 11.8 Å². The molecule has 0 aromatic carbocycles. The van der Waals surface area contributed by atoms with Crippen LogP contribution in [0.3, 0.4) is 0 Å². The number of aromatic carboxylic acids is 1. The largest absolute Gasteiger partial charge is 0.481 e. The minimum Gasteiger partial charge on any atom is -0.481 e. The minimum atomic E-state index is -1.13. The molecule has 0 saturated heterocycles. The molecule has 0 aliphatic rings. The van der Waals surface area contributed by atoms with Gasteiger partial charge in [-0.05, 0) is 26.0 Å². The van der Waals surface area contributed by atoms with Crippen molar-refractivity contribution in [3.05, 3.63) is 17.9 Å². The van der Waals surface area contributed by atoms with E-state index < -0.39 is 17.4 Å². The first-order chi connectivity index (χ1) is 7.33. The van der Waals surface area contributed by atoms with Crippen LogP contribution in [-0.2, 0) is 4.79 Å². The number of aliphatic carboxylic acids is 1. The quantitative estimate of drug-likeness (QED) is 0.772. The lowest BCUT2D eigenvalue weighted by atomic mass is 9.97. The van der Waals surface area contributed by atoms with Crippen LogP contribution in [0.5, 0.6) is 0 Å². The van der Waals surface area contributed by atoms with Gasteiger partial charge in [-0.15, -0.1) is 0 Å². The summed E-state index contributed by atoms with van der Waals surface area (Å²) in [5, 5.41) is 17.9. The van der Waals surface area contributed by atoms with Crippen LogP contribution in [-0.4, -0.2) is 27.9 Å². The maximum atomic E-state index is 10.8. The number of thioether (sulfide) groups is 1. The summed E-state index contributed by atoms with van der Waals surface area (Å²) in [4.78, 5) is 21.3. The molecule has 0 bridgehead atoms. The second-order valence-electron chi connectivity index (χ2n) is 3.90. The van der Waals surface area contributed by atoms with Crippen molar-refractivity contribution in [3.8, 4) is 0 Å². The number of carbonyl (C=O) groups is 2. The van der Waals surface area contributed by atoms with Crippen molar-refractivity contribution in [3.63, 3.8) is 0 Å². The number of carboxylic acid groups (broad SMARTS) is 2. The van der Waals surface area contributed by atoms with Crippen LogP contribution >= 0.6 is 11.8 Å². The molecule has 6 heteroatoms. The Labute approximate surface area is 96.5 Å². The molecule has 0 fully saturated rings. The van der Waals surface area contributed by atoms with Crippen LogP contribution in [0.4, 0.5) is 0 Å². The third kappa shape index (κ3) is 3.03. The number of carboxylic acids is 2. The Hall–Kier alpha value is -1.43. The van der Waals surface area contributed by atoms with Crippen LogP contribution in [0.25, 0.3) is 0 Å². The van der Waals surface area contributed by atoms with Gasteiger partial charge in [-0.3, -0.25) is 4.79 Å². The fraction of sp³-hybridized carbons (Fsp3) is 0.400. The summed E-state index contributed by atoms with van der Waals surface area (Å²) >= 11 is 1.18. The maximum absolute atomic E-state index is 10.8. The normalized spacial score (nSPS) is 11.4. The average molecular weight is 244 g/mol. The molecular formula is C10H12O5S. The third-order valence-corrected chi connectivity index (χ3v) is 3.32. The highest BCUT2D eigenvalue weighted by Gasteiger charge is 2.27. The lowest BCUT2D eigenvalue weighted by Gasteiger charge is -2.16. The molecule has 0 atom stereocenters. The van der Waals surface area contributed by atoms with Gasteiger partial charge in [-0.2, -0.15) is 0 Å². The summed E-state index contributed by atoms with van der Waals surface area (Å²) in [5.74, 6) is -1.86. The molecule has 0 aliphatic carbocycles. The molecule has 0 unspecified atom stereocenters. The van der Waals surface area contributed by atoms with Crippen LogP contribution < -0.4 is 0 Å². The molecule has 1 aromatic rings. The zero-order chi connectivity index (χ0) is 12.3. The van der Waals surface area contributed by atoms with E-state index in [0.717, 1.165) is 0 Å². The van der Waals surface area contributed by atoms with Crippen LogP contribution in [0.15, 0.2) is 21.6 Å². The van der Waals surface area contributed by atoms with E-state index in [1.807, 2.05) is 0 Å². The Kier molecular flexibility index (Phi) is 3.64. The van der Waals surface area contributed by atoms with E-state index in [1.165, 1.54) is 23.9 Å². The fourth-order valence-electron chi connectivity index (χ4n) is 0.826. The van der Waals surface area contributed by atoms with Crippen molar-refractivity contribution < 1.29 is 24.2 Å². The molecule has 2 N–H and O–H groups in total. The smallest absolute Gasteiger partial charge is 0.371 e. The van der Waals surface area contributed by atoms with Crippen molar-refractivity contribution >= 4 is 23.7 Å². The first kappa shape index (κ1) is 12.6. The third-order valence-electron chi connectivity index (χ3n) is 1.95. The van der Waals surface area contributed by atoms with Crippen LogP contribution in [0.1, 0.15) is 24.4 Å². The lowest BCUT2D eigenvalue weighted by molar-refractivity contribution is -0.145. The standard InChI is InChI=1S/C10H12O5S/c1-10(2,9(13)14)5-16-7-4-3-6(15-7)8(11)12/h3-4H,5H2,1-2H3,(H,11,12)(H,13,14). The summed E-state index contributed by atoms with van der Waals surface area (Å²) in [5.41, 5.74) is -0.874. The van der Waals surface area contributed by atoms with E-state index in [9.17, 15) is 9.59 Å². The minimum absolute atomic E-state index is 0.143. The number of hydrogen-bond donors (Lipinski definition) is 2. The predicted octanol–water partition coefficient (Wildman–Crippen LogP) is 2.18. The molecule has 88 valence electrons. The van der Waals surface area contributed by atoms with E-state index in [4.69, 9.17) is 14.6 Å². The Morgan fingerprint density at radius 1 is 1.38 bits per heavy atom. The zero-order valence-corrected chi connectivity index (χ0v) is 9.71. The summed E-state index contributed by atoms with van der Waals surface area (Å²) in [6.45, 7) is 3.20. The molecule has 0 aliphatic heterocycles. The van der Waals surface area contributed by atoms with Gasteiger partial charge in [-0.25, -0.2) is 4.79 Å². The number of furan rings is 1. The SMILES string of the molecule is CC(C)(CSc1ccc(C(=O)O)o1)C(=O)O. The number of rotatable bonds is 5. The summed E-state index contributed by atoms with van der Waals surface area (Å²) in [7, 11) is 0. The Morgan fingerprint density at radius 3 is 2.44 bits per heavy atom. The van der Waals surface area contributed by atoms with Crippen LogP contribution in [0.2, 0.25) is 0 Å². The molecule has 16 heavy (non-hydrogen) atoms. The summed E-state index contributed by atoms with van der Waals surface area (Å²) < 4.78 is 4.99. The molecule has 0 amide bonds. The molecule has 0 spiro atoms. The summed E-state index contributed by atoms with van der Waals surface area (Å²) in [6.07, 6.45) is 0. The van der Waals surface area contributed by atoms with Crippen molar-refractivity contribution in [1.29, 1.82) is 0 Å². The number of hydrogen-bond acceptors (Lipinski definition) is 4. The van der Waals surface area contributed by atoms with Gasteiger partial charge in [0.1, 0.15) is 0 Å². The highest BCUT2D eigenvalue weighted by molar-refractivity contribution is 7.99. The van der Waals surface area contributed by atoms with Gasteiger partial charge in [0, 0.05) is 5.75 Å². The van der Waals surface area contributed by atoms with Gasteiger partial charge in [0.25, 0.3) is 0 Å². The monoisotopic (exact) mass is 244 g/mol. The second-order valence-corrected chi connectivity index (χ2v) is 4.88. The fourth-order valence-corrected chi connectivity index (χ4v) is 1.77. The maximum Gasteiger partial charge on any atom is 0.371 e. The first-order valence-electron chi connectivity index (χ1n) is 4.52. The van der Waals surface area contributed by atoms with Crippen molar-refractivity contribution in [2.75, 3.05) is 5.75 Å². The van der Waals surface area contributed by atoms with Crippen LogP contribution in [0, 0.1) is 5.41 Å². The van der Waals surface area contributed by atoms with Crippen molar-refractivity contribution in [2.45, 2.75) is 18.9 Å². The molecule has 1 rings (SSSR count).